The van der Waals surface area contributed by atoms with E-state index in [2.05, 4.69) is 229 Å². The van der Waals surface area contributed by atoms with Crippen molar-refractivity contribution < 1.29 is 0 Å². The van der Waals surface area contributed by atoms with Crippen LogP contribution in [0.4, 0.5) is 17.1 Å². The zero-order chi connectivity index (χ0) is 40.1. The Morgan fingerprint density at radius 2 is 0.689 bits per heavy atom. The minimum atomic E-state index is -0.383. The van der Waals surface area contributed by atoms with E-state index in [1.54, 1.807) is 0 Å². The highest BCUT2D eigenvalue weighted by Crippen LogP contribution is 2.63. The highest BCUT2D eigenvalue weighted by atomic mass is 32.1. The van der Waals surface area contributed by atoms with E-state index in [4.69, 9.17) is 0 Å². The molecule has 0 amide bonds. The van der Waals surface area contributed by atoms with Crippen molar-refractivity contribution >= 4 is 60.7 Å². The van der Waals surface area contributed by atoms with Crippen LogP contribution in [0.3, 0.4) is 0 Å². The largest absolute Gasteiger partial charge is 0.310 e. The van der Waals surface area contributed by atoms with Gasteiger partial charge in [0.1, 0.15) is 0 Å². The average molecular weight is 792 g/mol. The molecule has 284 valence electrons. The third-order valence-corrected chi connectivity index (χ3v) is 14.5. The van der Waals surface area contributed by atoms with E-state index in [0.29, 0.717) is 0 Å². The molecule has 1 nitrogen and oxygen atoms in total. The molecule has 0 saturated heterocycles. The predicted molar refractivity (Wildman–Crippen MR) is 259 cm³/mol. The zero-order valence-electron chi connectivity index (χ0n) is 33.2. The molecule has 10 aromatic carbocycles. The Hall–Kier alpha value is -7.52. The van der Waals surface area contributed by atoms with Crippen LogP contribution in [0.1, 0.15) is 22.3 Å². The van der Waals surface area contributed by atoms with Crippen LogP contribution >= 0.6 is 11.3 Å². The first kappa shape index (κ1) is 34.4. The zero-order valence-corrected chi connectivity index (χ0v) is 34.0. The molecule has 0 atom stereocenters. The van der Waals surface area contributed by atoms with Crippen LogP contribution in [0.25, 0.3) is 75.5 Å². The maximum Gasteiger partial charge on any atom is 0.0725 e. The standard InChI is InChI=1S/C59H37NS/c1-2-14-38(15-3-1)57-34-35-58(61-57)39-26-28-40(29-27-39)60(41-30-32-47-45-18-5-4-16-43(45)44-17-6-7-19-46(44)51(47)36-41)42-31-33-56-52(37-42)50-22-10-13-25-55(50)59(56)53-23-11-8-20-48(53)49-21-9-12-24-54(49)59/h1-37H. The van der Waals surface area contributed by atoms with Crippen LogP contribution < -0.4 is 4.90 Å². The molecule has 2 aliphatic carbocycles. The molecule has 0 bridgehead atoms. The highest BCUT2D eigenvalue weighted by molar-refractivity contribution is 7.18. The van der Waals surface area contributed by atoms with Gasteiger partial charge in [-0.1, -0.05) is 176 Å². The lowest BCUT2D eigenvalue weighted by Crippen LogP contribution is -2.25. The van der Waals surface area contributed by atoms with Gasteiger partial charge in [0.2, 0.25) is 0 Å². The highest BCUT2D eigenvalue weighted by Gasteiger charge is 2.51. The summed E-state index contributed by atoms with van der Waals surface area (Å²) in [7, 11) is 0. The smallest absolute Gasteiger partial charge is 0.0725 e. The first-order chi connectivity index (χ1) is 30.3. The summed E-state index contributed by atoms with van der Waals surface area (Å²) in [4.78, 5) is 5.00. The first-order valence-corrected chi connectivity index (χ1v) is 21.9. The van der Waals surface area contributed by atoms with Gasteiger partial charge >= 0.3 is 0 Å². The van der Waals surface area contributed by atoms with Gasteiger partial charge in [-0.15, -0.1) is 11.3 Å². The minimum absolute atomic E-state index is 0.383. The number of rotatable bonds is 5. The molecule has 0 unspecified atom stereocenters. The SMILES string of the molecule is c1ccc(-c2ccc(-c3ccc(N(c4ccc5c(c4)-c4ccccc4C54c5ccccc5-c5ccccc54)c4ccc5c6ccccc6c6ccccc6c5c4)cc3)s2)cc1. The molecule has 11 aromatic rings. The van der Waals surface area contributed by atoms with Crippen LogP contribution in [-0.4, -0.2) is 0 Å². The predicted octanol–water partition coefficient (Wildman–Crippen LogP) is 16.4. The van der Waals surface area contributed by atoms with E-state index in [0.717, 1.165) is 17.1 Å². The Kier molecular flexibility index (Phi) is 7.46. The number of fused-ring (bicyclic) bond motifs is 16. The maximum absolute atomic E-state index is 2.46. The van der Waals surface area contributed by atoms with E-state index < -0.39 is 0 Å². The molecular weight excluding hydrogens is 755 g/mol. The monoisotopic (exact) mass is 791 g/mol. The number of hydrogen-bond donors (Lipinski definition) is 0. The third-order valence-electron chi connectivity index (χ3n) is 13.3. The second-order valence-electron chi connectivity index (χ2n) is 16.3. The van der Waals surface area contributed by atoms with Crippen LogP contribution in [0.5, 0.6) is 0 Å². The summed E-state index contributed by atoms with van der Waals surface area (Å²) in [5, 5.41) is 7.63. The summed E-state index contributed by atoms with van der Waals surface area (Å²) in [5.41, 5.74) is 16.1. The van der Waals surface area contributed by atoms with Gasteiger partial charge in [-0.05, 0) is 136 Å². The molecule has 61 heavy (non-hydrogen) atoms. The minimum Gasteiger partial charge on any atom is -0.310 e. The molecular formula is C59H37NS. The van der Waals surface area contributed by atoms with E-state index in [1.165, 1.54) is 97.7 Å². The fourth-order valence-corrected chi connectivity index (χ4v) is 11.8. The lowest BCUT2D eigenvalue weighted by Gasteiger charge is -2.31. The number of thiophene rings is 1. The van der Waals surface area contributed by atoms with E-state index in [1.807, 2.05) is 11.3 Å². The average Bonchev–Trinajstić information content (AvgIpc) is 4.03. The molecule has 2 heteroatoms. The summed E-state index contributed by atoms with van der Waals surface area (Å²) in [6, 6.07) is 83.5. The lowest BCUT2D eigenvalue weighted by atomic mass is 9.70. The first-order valence-electron chi connectivity index (χ1n) is 21.1. The van der Waals surface area contributed by atoms with Gasteiger partial charge in [0.15, 0.2) is 0 Å². The molecule has 2 aliphatic rings. The van der Waals surface area contributed by atoms with Crippen LogP contribution in [0, 0.1) is 0 Å². The Morgan fingerprint density at radius 3 is 1.28 bits per heavy atom. The number of anilines is 3. The van der Waals surface area contributed by atoms with Gasteiger partial charge in [-0.3, -0.25) is 0 Å². The number of benzene rings is 10. The van der Waals surface area contributed by atoms with Crippen LogP contribution in [0.2, 0.25) is 0 Å². The number of nitrogens with zero attached hydrogens (tertiary/aromatic N) is 1. The Balaban J connectivity index is 1.02. The van der Waals surface area contributed by atoms with Crippen molar-refractivity contribution in [3.05, 3.63) is 247 Å². The van der Waals surface area contributed by atoms with E-state index in [-0.39, 0.29) is 5.41 Å². The van der Waals surface area contributed by atoms with Crippen molar-refractivity contribution in [2.75, 3.05) is 4.90 Å². The topological polar surface area (TPSA) is 3.24 Å². The second-order valence-corrected chi connectivity index (χ2v) is 17.4. The lowest BCUT2D eigenvalue weighted by molar-refractivity contribution is 0.794. The molecule has 0 fully saturated rings. The molecule has 0 saturated carbocycles. The third kappa shape index (κ3) is 4.94. The molecule has 1 heterocycles. The fraction of sp³-hybridized carbons (Fsp3) is 0.0169. The van der Waals surface area contributed by atoms with Gasteiger partial charge in [-0.2, -0.15) is 0 Å². The van der Waals surface area contributed by atoms with Gasteiger partial charge in [-0.25, -0.2) is 0 Å². The van der Waals surface area contributed by atoms with Crippen molar-refractivity contribution in [3.8, 4) is 43.1 Å². The number of hydrogen-bond acceptors (Lipinski definition) is 2. The van der Waals surface area contributed by atoms with E-state index in [9.17, 15) is 0 Å². The molecule has 0 N–H and O–H groups in total. The molecule has 13 rings (SSSR count). The summed E-state index contributed by atoms with van der Waals surface area (Å²) < 4.78 is 0. The molecule has 0 radical (unpaired) electrons. The Bertz CT molecular complexity index is 3460. The summed E-state index contributed by atoms with van der Waals surface area (Å²) in [6.07, 6.45) is 0. The molecule has 1 spiro atoms. The molecule has 1 aromatic heterocycles. The fourth-order valence-electron chi connectivity index (χ4n) is 10.7. The maximum atomic E-state index is 2.46. The van der Waals surface area contributed by atoms with Crippen molar-refractivity contribution in [1.82, 2.24) is 0 Å². The van der Waals surface area contributed by atoms with Crippen molar-refractivity contribution in [2.45, 2.75) is 5.41 Å². The summed E-state index contributed by atoms with van der Waals surface area (Å²) >= 11 is 1.84. The van der Waals surface area contributed by atoms with Crippen molar-refractivity contribution in [3.63, 3.8) is 0 Å². The van der Waals surface area contributed by atoms with Crippen molar-refractivity contribution in [1.29, 1.82) is 0 Å². The Morgan fingerprint density at radius 1 is 0.279 bits per heavy atom. The van der Waals surface area contributed by atoms with Gasteiger partial charge in [0.25, 0.3) is 0 Å². The van der Waals surface area contributed by atoms with E-state index >= 15 is 0 Å². The normalized spacial score (nSPS) is 13.0. The van der Waals surface area contributed by atoms with Crippen LogP contribution in [-0.2, 0) is 5.41 Å². The van der Waals surface area contributed by atoms with Gasteiger partial charge < -0.3 is 4.90 Å². The second kappa shape index (κ2) is 13.2. The Labute approximate surface area is 359 Å². The molecule has 0 aliphatic heterocycles. The summed E-state index contributed by atoms with van der Waals surface area (Å²) in [6.45, 7) is 0. The van der Waals surface area contributed by atoms with Gasteiger partial charge in [0, 0.05) is 26.8 Å². The van der Waals surface area contributed by atoms with Gasteiger partial charge in [0.05, 0.1) is 5.41 Å². The summed E-state index contributed by atoms with van der Waals surface area (Å²) in [5.74, 6) is 0. The quantitative estimate of drug-likeness (QED) is 0.157. The van der Waals surface area contributed by atoms with Crippen molar-refractivity contribution in [2.24, 2.45) is 0 Å². The van der Waals surface area contributed by atoms with Crippen LogP contribution in [0.15, 0.2) is 224 Å².